The number of nitrogens with zero attached hydrogens (tertiary/aromatic N) is 1. The van der Waals surface area contributed by atoms with Crippen LogP contribution in [0.15, 0.2) is 108 Å². The van der Waals surface area contributed by atoms with Gasteiger partial charge in [-0.25, -0.2) is 0 Å². The topological polar surface area (TPSA) is 94.7 Å². The summed E-state index contributed by atoms with van der Waals surface area (Å²) in [5.41, 5.74) is 4.39. The lowest BCUT2D eigenvalue weighted by molar-refractivity contribution is -0.645. The lowest BCUT2D eigenvalue weighted by Crippen LogP contribution is -2.39. The van der Waals surface area contributed by atoms with Crippen molar-refractivity contribution in [3.63, 3.8) is 0 Å². The maximum Gasteiger partial charge on any atom is 0.251 e. The molecule has 8 heteroatoms. The molecular weight excluding hydrogens is 681 g/mol. The molecular formula is C45H58N2O5S. The minimum Gasteiger partial charge on any atom is -0.618 e. The first-order valence-corrected chi connectivity index (χ1v) is 20.8. The van der Waals surface area contributed by atoms with Gasteiger partial charge in [0.1, 0.15) is 0 Å². The predicted octanol–water partition coefficient (Wildman–Crippen LogP) is 11.0. The second-order valence-corrected chi connectivity index (χ2v) is 15.3. The fourth-order valence-corrected chi connectivity index (χ4v) is 8.12. The van der Waals surface area contributed by atoms with Crippen molar-refractivity contribution in [3.05, 3.63) is 131 Å². The number of aliphatic hydroxyl groups excluding tert-OH is 1. The van der Waals surface area contributed by atoms with Crippen molar-refractivity contribution >= 4 is 23.4 Å². The summed E-state index contributed by atoms with van der Waals surface area (Å²) in [5, 5.41) is 26.0. The molecule has 1 fully saturated rings. The number of anilines is 1. The van der Waals surface area contributed by atoms with Crippen LogP contribution in [0, 0.1) is 5.21 Å². The smallest absolute Gasteiger partial charge is 0.251 e. The molecule has 0 radical (unpaired) electrons. The Morgan fingerprint density at radius 1 is 0.736 bits per heavy atom. The number of carbonyl (C=O) groups is 1. The molecule has 284 valence electrons. The van der Waals surface area contributed by atoms with E-state index in [0.717, 1.165) is 39.8 Å². The number of benzene rings is 3. The first-order chi connectivity index (χ1) is 26.1. The van der Waals surface area contributed by atoms with Crippen LogP contribution in [0.1, 0.15) is 137 Å². The van der Waals surface area contributed by atoms with E-state index in [0.29, 0.717) is 22.9 Å². The van der Waals surface area contributed by atoms with Crippen molar-refractivity contribution in [2.45, 2.75) is 133 Å². The number of pyridine rings is 1. The van der Waals surface area contributed by atoms with Gasteiger partial charge in [0.15, 0.2) is 12.5 Å². The standard InChI is InChI=1S/C45H58N2O5S/c1-2-3-4-5-6-7-8-9-10-11-12-13-17-25-41(49)46-39-24-20-23-38(32-39)45-51-40(34-53-42-26-18-19-31-47(42)50)43(36-21-15-14-16-22-36)44(52-45)37-29-27-35(33-48)28-30-37/h14-16,18-24,26-32,40,43-45,48H,2-13,17,25,33-34H2,1H3,(H,46,49)/t40-,43-,44+,45?/m1/s1. The van der Waals surface area contributed by atoms with Gasteiger partial charge in [-0.05, 0) is 41.3 Å². The van der Waals surface area contributed by atoms with Crippen molar-refractivity contribution in [1.29, 1.82) is 0 Å². The Labute approximate surface area is 321 Å². The molecule has 4 atom stereocenters. The largest absolute Gasteiger partial charge is 0.618 e. The van der Waals surface area contributed by atoms with Gasteiger partial charge in [0.05, 0.1) is 18.8 Å². The normalized spacial score (nSPS) is 18.5. The van der Waals surface area contributed by atoms with E-state index in [1.54, 1.807) is 6.07 Å². The molecule has 1 unspecified atom stereocenters. The van der Waals surface area contributed by atoms with Gasteiger partial charge in [0.2, 0.25) is 5.91 Å². The Balaban J connectivity index is 1.20. The van der Waals surface area contributed by atoms with Crippen LogP contribution >= 0.6 is 11.8 Å². The average molecular weight is 739 g/mol. The number of hydrogen-bond acceptors (Lipinski definition) is 6. The minimum absolute atomic E-state index is 0.0183. The van der Waals surface area contributed by atoms with Crippen molar-refractivity contribution in [2.24, 2.45) is 0 Å². The Kier molecular flexibility index (Phi) is 17.2. The number of unbranched alkanes of at least 4 members (excludes halogenated alkanes) is 12. The highest BCUT2D eigenvalue weighted by atomic mass is 32.2. The van der Waals surface area contributed by atoms with Crippen molar-refractivity contribution in [3.8, 4) is 0 Å². The fourth-order valence-electron chi connectivity index (χ4n) is 7.13. The van der Waals surface area contributed by atoms with E-state index in [1.165, 1.54) is 88.6 Å². The van der Waals surface area contributed by atoms with E-state index in [-0.39, 0.29) is 30.6 Å². The molecule has 5 rings (SSSR count). The van der Waals surface area contributed by atoms with Gasteiger partial charge in [-0.1, -0.05) is 162 Å². The summed E-state index contributed by atoms with van der Waals surface area (Å²) in [6, 6.07) is 31.2. The maximum absolute atomic E-state index is 13.0. The lowest BCUT2D eigenvalue weighted by atomic mass is 9.84. The quantitative estimate of drug-likeness (QED) is 0.0361. The molecule has 0 saturated carbocycles. The number of aliphatic hydroxyl groups is 1. The molecule has 7 nitrogen and oxygen atoms in total. The van der Waals surface area contributed by atoms with Crippen LogP contribution in [0.2, 0.25) is 0 Å². The van der Waals surface area contributed by atoms with Crippen molar-refractivity contribution in [1.82, 2.24) is 0 Å². The Morgan fingerprint density at radius 3 is 2.04 bits per heavy atom. The number of thioether (sulfide) groups is 1. The third-order valence-electron chi connectivity index (χ3n) is 10.1. The lowest BCUT2D eigenvalue weighted by Gasteiger charge is -2.43. The molecule has 1 amide bonds. The van der Waals surface area contributed by atoms with Gasteiger partial charge < -0.3 is 25.1 Å². The monoisotopic (exact) mass is 738 g/mol. The molecule has 2 heterocycles. The summed E-state index contributed by atoms with van der Waals surface area (Å²) in [7, 11) is 0. The molecule has 0 bridgehead atoms. The second kappa shape index (κ2) is 22.5. The summed E-state index contributed by atoms with van der Waals surface area (Å²) in [6.07, 6.45) is 17.2. The molecule has 0 aliphatic carbocycles. The van der Waals surface area contributed by atoms with Gasteiger partial charge >= 0.3 is 0 Å². The van der Waals surface area contributed by atoms with Crippen LogP contribution in [-0.2, 0) is 20.9 Å². The van der Waals surface area contributed by atoms with Gasteiger partial charge in [-0.2, -0.15) is 4.73 Å². The van der Waals surface area contributed by atoms with E-state index in [4.69, 9.17) is 9.47 Å². The van der Waals surface area contributed by atoms with Crippen LogP contribution in [-0.4, -0.2) is 22.9 Å². The van der Waals surface area contributed by atoms with Gasteiger partial charge in [0, 0.05) is 41.5 Å². The zero-order valence-corrected chi connectivity index (χ0v) is 32.2. The van der Waals surface area contributed by atoms with E-state index >= 15 is 0 Å². The van der Waals surface area contributed by atoms with Crippen LogP contribution in [0.4, 0.5) is 5.69 Å². The van der Waals surface area contributed by atoms with E-state index in [2.05, 4.69) is 24.4 Å². The molecule has 1 aliphatic rings. The SMILES string of the molecule is CCCCCCCCCCCCCCCC(=O)Nc1cccc(C2O[C@H](CSc3cccc[n+]3[O-])[C@@H](c3ccccc3)[C@H](c3ccc(CO)cc3)O2)c1. The Hall–Kier alpha value is -3.69. The number of ether oxygens (including phenoxy) is 2. The molecule has 2 N–H and O–H groups in total. The molecule has 1 saturated heterocycles. The molecule has 3 aromatic carbocycles. The third-order valence-corrected chi connectivity index (χ3v) is 11.2. The van der Waals surface area contributed by atoms with Crippen LogP contribution in [0.5, 0.6) is 0 Å². The number of rotatable bonds is 22. The summed E-state index contributed by atoms with van der Waals surface area (Å²) in [6.45, 7) is 2.23. The highest BCUT2D eigenvalue weighted by Gasteiger charge is 2.42. The second-order valence-electron chi connectivity index (χ2n) is 14.2. The minimum atomic E-state index is -0.712. The summed E-state index contributed by atoms with van der Waals surface area (Å²) < 4.78 is 14.5. The first kappa shape index (κ1) is 40.5. The van der Waals surface area contributed by atoms with Gasteiger partial charge in [-0.3, -0.25) is 4.79 Å². The predicted molar refractivity (Wildman–Crippen MR) is 214 cm³/mol. The van der Waals surface area contributed by atoms with Crippen LogP contribution in [0.25, 0.3) is 0 Å². The molecule has 1 aliphatic heterocycles. The zero-order valence-electron chi connectivity index (χ0n) is 31.4. The fraction of sp³-hybridized carbons (Fsp3) is 0.467. The molecule has 0 spiro atoms. The van der Waals surface area contributed by atoms with E-state index < -0.39 is 6.29 Å². The first-order valence-electron chi connectivity index (χ1n) is 19.8. The molecule has 1 aromatic heterocycles. The highest BCUT2D eigenvalue weighted by Crippen LogP contribution is 2.48. The summed E-state index contributed by atoms with van der Waals surface area (Å²) >= 11 is 1.46. The average Bonchev–Trinajstić information content (AvgIpc) is 3.19. The molecule has 53 heavy (non-hydrogen) atoms. The van der Waals surface area contributed by atoms with Crippen molar-refractivity contribution in [2.75, 3.05) is 11.1 Å². The van der Waals surface area contributed by atoms with Crippen LogP contribution < -0.4 is 10.0 Å². The van der Waals surface area contributed by atoms with Crippen LogP contribution in [0.3, 0.4) is 0 Å². The molecule has 4 aromatic rings. The van der Waals surface area contributed by atoms with E-state index in [9.17, 15) is 15.1 Å². The number of aromatic nitrogens is 1. The Bertz CT molecular complexity index is 1640. The van der Waals surface area contributed by atoms with Crippen molar-refractivity contribution < 1.29 is 24.1 Å². The Morgan fingerprint density at radius 2 is 1.38 bits per heavy atom. The number of hydrogen-bond donors (Lipinski definition) is 2. The third kappa shape index (κ3) is 13.0. The van der Waals surface area contributed by atoms with E-state index in [1.807, 2.05) is 78.9 Å². The maximum atomic E-state index is 13.0. The van der Waals surface area contributed by atoms with Gasteiger partial charge in [-0.15, -0.1) is 0 Å². The number of carbonyl (C=O) groups excluding carboxylic acids is 1. The number of nitrogens with one attached hydrogen (secondary N) is 1. The zero-order chi connectivity index (χ0) is 37.1. The summed E-state index contributed by atoms with van der Waals surface area (Å²) in [5.74, 6) is 0.364. The number of amides is 1. The summed E-state index contributed by atoms with van der Waals surface area (Å²) in [4.78, 5) is 13.0. The van der Waals surface area contributed by atoms with Gasteiger partial charge in [0.25, 0.3) is 5.03 Å². The highest BCUT2D eigenvalue weighted by molar-refractivity contribution is 7.99.